The van der Waals surface area contributed by atoms with E-state index in [1.165, 1.54) is 0 Å². The number of benzene rings is 5. The van der Waals surface area contributed by atoms with Gasteiger partial charge in [0.15, 0.2) is 0 Å². The smallest absolute Gasteiger partial charge is 0.262 e. The van der Waals surface area contributed by atoms with Gasteiger partial charge in [-0.25, -0.2) is 0 Å². The topological polar surface area (TPSA) is 25.2 Å². The first-order valence-corrected chi connectivity index (χ1v) is 12.4. The summed E-state index contributed by atoms with van der Waals surface area (Å²) in [5, 5.41) is 1.71. The maximum atomic E-state index is 13.3. The summed E-state index contributed by atoms with van der Waals surface area (Å²) in [5.41, 5.74) is 7.44. The molecular weight excluding hydrogens is 452 g/mol. The Hall–Kier alpha value is -4.89. The molecule has 0 aliphatic carbocycles. The molecule has 178 valence electrons. The Labute approximate surface area is 216 Å². The number of aryl methyl sites for hydroxylation is 1. The van der Waals surface area contributed by atoms with E-state index in [0.29, 0.717) is 0 Å². The number of fused-ring (bicyclic) bond motifs is 1. The van der Waals surface area contributed by atoms with Gasteiger partial charge in [0.1, 0.15) is 0 Å². The first-order chi connectivity index (χ1) is 18.2. The zero-order chi connectivity index (χ0) is 25.2. The van der Waals surface area contributed by atoms with Crippen molar-refractivity contribution in [2.45, 2.75) is 6.92 Å². The first kappa shape index (κ1) is 22.6. The second-order valence-electron chi connectivity index (χ2n) is 9.14. The van der Waals surface area contributed by atoms with Crippen LogP contribution in [-0.4, -0.2) is 4.57 Å². The maximum absolute atomic E-state index is 13.3. The Morgan fingerprint density at radius 2 is 1.05 bits per heavy atom. The van der Waals surface area contributed by atoms with Crippen LogP contribution in [0.2, 0.25) is 0 Å². The minimum atomic E-state index is -0.00457. The Bertz CT molecular complexity index is 1680. The monoisotopic (exact) mass is 478 g/mol. The van der Waals surface area contributed by atoms with Gasteiger partial charge in [-0.1, -0.05) is 72.8 Å². The summed E-state index contributed by atoms with van der Waals surface area (Å²) in [5.74, 6) is 0. The van der Waals surface area contributed by atoms with Crippen molar-refractivity contribution in [3.05, 3.63) is 156 Å². The van der Waals surface area contributed by atoms with E-state index in [1.807, 2.05) is 60.8 Å². The van der Waals surface area contributed by atoms with Crippen molar-refractivity contribution in [2.75, 3.05) is 4.90 Å². The van der Waals surface area contributed by atoms with E-state index in [2.05, 4.69) is 90.7 Å². The van der Waals surface area contributed by atoms with Crippen LogP contribution in [0.3, 0.4) is 0 Å². The molecule has 0 atom stereocenters. The van der Waals surface area contributed by atoms with Crippen LogP contribution in [0.25, 0.3) is 27.6 Å². The lowest BCUT2D eigenvalue weighted by Gasteiger charge is -2.25. The molecule has 0 saturated carbocycles. The van der Waals surface area contributed by atoms with Gasteiger partial charge in [-0.05, 0) is 89.7 Å². The third-order valence-electron chi connectivity index (χ3n) is 6.74. The van der Waals surface area contributed by atoms with Crippen LogP contribution >= 0.6 is 0 Å². The Kier molecular flexibility index (Phi) is 5.88. The maximum Gasteiger partial charge on any atom is 0.262 e. The highest BCUT2D eigenvalue weighted by Gasteiger charge is 2.13. The highest BCUT2D eigenvalue weighted by Crippen LogP contribution is 2.35. The van der Waals surface area contributed by atoms with Crippen LogP contribution in [0.1, 0.15) is 5.56 Å². The molecule has 6 aromatic rings. The van der Waals surface area contributed by atoms with Crippen LogP contribution in [-0.2, 0) is 0 Å². The molecule has 1 heterocycles. The van der Waals surface area contributed by atoms with Crippen molar-refractivity contribution in [1.29, 1.82) is 0 Å². The molecule has 0 fully saturated rings. The molecule has 0 radical (unpaired) electrons. The summed E-state index contributed by atoms with van der Waals surface area (Å²) in [6.07, 6.45) is 1.93. The van der Waals surface area contributed by atoms with Crippen LogP contribution in [0, 0.1) is 6.92 Å². The largest absolute Gasteiger partial charge is 0.311 e. The zero-order valence-electron chi connectivity index (χ0n) is 20.6. The number of anilines is 3. The first-order valence-electron chi connectivity index (χ1n) is 12.4. The molecule has 3 heteroatoms. The Morgan fingerprint density at radius 3 is 1.65 bits per heavy atom. The Balaban J connectivity index is 1.39. The highest BCUT2D eigenvalue weighted by atomic mass is 16.1. The molecule has 0 amide bonds. The molecule has 5 aromatic carbocycles. The fraction of sp³-hybridized carbons (Fsp3) is 0.0294. The van der Waals surface area contributed by atoms with Crippen LogP contribution in [0.4, 0.5) is 17.1 Å². The van der Waals surface area contributed by atoms with Crippen LogP contribution in [0.15, 0.2) is 144 Å². The second kappa shape index (κ2) is 9.63. The lowest BCUT2D eigenvalue weighted by Crippen LogP contribution is -2.18. The van der Waals surface area contributed by atoms with Crippen molar-refractivity contribution in [3.63, 3.8) is 0 Å². The standard InChI is InChI=1S/C34H26N2O/c1-25-24-35(28-11-5-2-6-12-28)34(37)32-22-19-27(23-33(25)32)26-17-20-31(21-18-26)36(29-13-7-3-8-14-29)30-15-9-4-10-16-30/h2-24H,1H3. The van der Waals surface area contributed by atoms with Gasteiger partial charge < -0.3 is 4.90 Å². The predicted molar refractivity (Wildman–Crippen MR) is 154 cm³/mol. The van der Waals surface area contributed by atoms with Crippen LogP contribution < -0.4 is 10.5 Å². The average Bonchev–Trinajstić information content (AvgIpc) is 2.97. The van der Waals surface area contributed by atoms with Gasteiger partial charge in [-0.3, -0.25) is 9.36 Å². The predicted octanol–water partition coefficient (Wildman–Crippen LogP) is 8.44. The number of hydrogen-bond donors (Lipinski definition) is 0. The molecule has 0 N–H and O–H groups in total. The van der Waals surface area contributed by atoms with Crippen molar-refractivity contribution in [3.8, 4) is 16.8 Å². The fourth-order valence-corrected chi connectivity index (χ4v) is 4.87. The quantitative estimate of drug-likeness (QED) is 0.248. The SMILES string of the molecule is Cc1cn(-c2ccccc2)c(=O)c2ccc(-c3ccc(N(c4ccccc4)c4ccccc4)cc3)cc12. The van der Waals surface area contributed by atoms with Crippen LogP contribution in [0.5, 0.6) is 0 Å². The van der Waals surface area contributed by atoms with Gasteiger partial charge in [0.25, 0.3) is 5.56 Å². The van der Waals surface area contributed by atoms with Crippen molar-refractivity contribution < 1.29 is 0 Å². The van der Waals surface area contributed by atoms with Gasteiger partial charge in [-0.15, -0.1) is 0 Å². The van der Waals surface area contributed by atoms with Gasteiger partial charge >= 0.3 is 0 Å². The molecule has 0 spiro atoms. The number of rotatable bonds is 5. The highest BCUT2D eigenvalue weighted by molar-refractivity contribution is 5.89. The minimum absolute atomic E-state index is 0.00457. The van der Waals surface area contributed by atoms with Crippen molar-refractivity contribution in [1.82, 2.24) is 4.57 Å². The van der Waals surface area contributed by atoms with E-state index in [9.17, 15) is 4.79 Å². The molecule has 0 aliphatic heterocycles. The molecule has 0 unspecified atom stereocenters. The summed E-state index contributed by atoms with van der Waals surface area (Å²) in [4.78, 5) is 15.5. The Morgan fingerprint density at radius 1 is 0.541 bits per heavy atom. The second-order valence-corrected chi connectivity index (χ2v) is 9.14. The van der Waals surface area contributed by atoms with Crippen molar-refractivity contribution in [2.24, 2.45) is 0 Å². The third kappa shape index (κ3) is 4.32. The molecule has 0 bridgehead atoms. The van der Waals surface area contributed by atoms with E-state index in [4.69, 9.17) is 0 Å². The number of pyridine rings is 1. The minimum Gasteiger partial charge on any atom is -0.311 e. The van der Waals surface area contributed by atoms with E-state index >= 15 is 0 Å². The summed E-state index contributed by atoms with van der Waals surface area (Å²) < 4.78 is 1.73. The van der Waals surface area contributed by atoms with E-state index in [1.54, 1.807) is 4.57 Å². The normalized spacial score (nSPS) is 10.9. The summed E-state index contributed by atoms with van der Waals surface area (Å²) in [6, 6.07) is 45.3. The average molecular weight is 479 g/mol. The molecular formula is C34H26N2O. The van der Waals surface area contributed by atoms with E-state index in [-0.39, 0.29) is 5.56 Å². The van der Waals surface area contributed by atoms with Crippen molar-refractivity contribution >= 4 is 27.8 Å². The van der Waals surface area contributed by atoms with Gasteiger partial charge in [0, 0.05) is 34.3 Å². The van der Waals surface area contributed by atoms with Gasteiger partial charge in [0.05, 0.1) is 0 Å². The molecule has 0 saturated heterocycles. The molecule has 3 nitrogen and oxygen atoms in total. The third-order valence-corrected chi connectivity index (χ3v) is 6.74. The molecule has 1 aromatic heterocycles. The summed E-state index contributed by atoms with van der Waals surface area (Å²) in [7, 11) is 0. The number of hydrogen-bond acceptors (Lipinski definition) is 2. The summed E-state index contributed by atoms with van der Waals surface area (Å²) >= 11 is 0. The lowest BCUT2D eigenvalue weighted by molar-refractivity contribution is 0.997. The molecule has 6 rings (SSSR count). The van der Waals surface area contributed by atoms with Gasteiger partial charge in [0.2, 0.25) is 0 Å². The number of nitrogens with zero attached hydrogens (tertiary/aromatic N) is 2. The number of aromatic nitrogens is 1. The lowest BCUT2D eigenvalue weighted by atomic mass is 9.99. The molecule has 37 heavy (non-hydrogen) atoms. The summed E-state index contributed by atoms with van der Waals surface area (Å²) in [6.45, 7) is 2.06. The van der Waals surface area contributed by atoms with E-state index in [0.717, 1.165) is 50.2 Å². The van der Waals surface area contributed by atoms with Gasteiger partial charge in [-0.2, -0.15) is 0 Å². The fourth-order valence-electron chi connectivity index (χ4n) is 4.87. The number of para-hydroxylation sites is 3. The molecule has 0 aliphatic rings. The zero-order valence-corrected chi connectivity index (χ0v) is 20.6. The van der Waals surface area contributed by atoms with E-state index < -0.39 is 0 Å².